The second-order valence-electron chi connectivity index (χ2n) is 7.22. The smallest absolute Gasteiger partial charge is 0.262 e. The van der Waals surface area contributed by atoms with Crippen LogP contribution < -0.4 is 10.6 Å². The van der Waals surface area contributed by atoms with Crippen molar-refractivity contribution in [1.29, 1.82) is 0 Å². The highest BCUT2D eigenvalue weighted by molar-refractivity contribution is 7.20. The van der Waals surface area contributed by atoms with Crippen LogP contribution in [-0.4, -0.2) is 43.9 Å². The van der Waals surface area contributed by atoms with Gasteiger partial charge in [0.05, 0.1) is 4.88 Å². The molecular weight excluding hydrogens is 388 g/mol. The van der Waals surface area contributed by atoms with Crippen LogP contribution in [0.1, 0.15) is 50.2 Å². The molecule has 0 unspecified atom stereocenters. The van der Waals surface area contributed by atoms with E-state index in [4.69, 9.17) is 9.47 Å². The topological polar surface area (TPSA) is 76.7 Å². The van der Waals surface area contributed by atoms with E-state index in [0.717, 1.165) is 10.1 Å². The van der Waals surface area contributed by atoms with Gasteiger partial charge >= 0.3 is 0 Å². The second kappa shape index (κ2) is 11.9. The monoisotopic (exact) mass is 420 g/mol. The van der Waals surface area contributed by atoms with Gasteiger partial charge in [-0.1, -0.05) is 32.0 Å². The SMILES string of the molecule is CCOC(CCNC(=O)[C@H](CC(C)C)NC(=O)c1cc2ccccc2s1)OCC. The first-order chi connectivity index (χ1) is 13.9. The van der Waals surface area contributed by atoms with Crippen LogP contribution in [0.4, 0.5) is 0 Å². The average molecular weight is 421 g/mol. The second-order valence-corrected chi connectivity index (χ2v) is 8.31. The van der Waals surface area contributed by atoms with Gasteiger partial charge in [0.2, 0.25) is 5.91 Å². The van der Waals surface area contributed by atoms with Crippen molar-refractivity contribution in [3.05, 3.63) is 35.2 Å². The van der Waals surface area contributed by atoms with E-state index in [1.165, 1.54) is 11.3 Å². The third-order valence-electron chi connectivity index (χ3n) is 4.36. The van der Waals surface area contributed by atoms with Crippen molar-refractivity contribution in [3.63, 3.8) is 0 Å². The quantitative estimate of drug-likeness (QED) is 0.510. The van der Waals surface area contributed by atoms with Crippen molar-refractivity contribution >= 4 is 33.2 Å². The minimum Gasteiger partial charge on any atom is -0.354 e. The molecular formula is C22H32N2O4S. The van der Waals surface area contributed by atoms with Crippen LogP contribution in [-0.2, 0) is 14.3 Å². The highest BCUT2D eigenvalue weighted by Crippen LogP contribution is 2.25. The fraction of sp³-hybridized carbons (Fsp3) is 0.545. The predicted octanol–water partition coefficient (Wildman–Crippen LogP) is 3.95. The molecule has 0 aliphatic carbocycles. The van der Waals surface area contributed by atoms with E-state index in [0.29, 0.717) is 37.5 Å². The molecule has 1 atom stereocenters. The Labute approximate surface area is 177 Å². The van der Waals surface area contributed by atoms with Crippen LogP contribution in [0.25, 0.3) is 10.1 Å². The fourth-order valence-corrected chi connectivity index (χ4v) is 4.01. The molecule has 29 heavy (non-hydrogen) atoms. The molecule has 0 aliphatic rings. The summed E-state index contributed by atoms with van der Waals surface area (Å²) in [6, 6.07) is 9.16. The molecule has 1 aromatic carbocycles. The number of rotatable bonds is 12. The fourth-order valence-electron chi connectivity index (χ4n) is 3.05. The first-order valence-electron chi connectivity index (χ1n) is 10.2. The Kier molecular flexibility index (Phi) is 9.57. The molecule has 0 saturated heterocycles. The molecule has 0 bridgehead atoms. The van der Waals surface area contributed by atoms with E-state index in [9.17, 15) is 9.59 Å². The maximum Gasteiger partial charge on any atom is 0.262 e. The average Bonchev–Trinajstić information content (AvgIpc) is 3.11. The largest absolute Gasteiger partial charge is 0.354 e. The highest BCUT2D eigenvalue weighted by atomic mass is 32.1. The number of ether oxygens (including phenoxy) is 2. The molecule has 0 fully saturated rings. The molecule has 2 rings (SSSR count). The van der Waals surface area contributed by atoms with Crippen LogP contribution in [0.2, 0.25) is 0 Å². The lowest BCUT2D eigenvalue weighted by molar-refractivity contribution is -0.140. The molecule has 6 nitrogen and oxygen atoms in total. The van der Waals surface area contributed by atoms with Gasteiger partial charge in [0.1, 0.15) is 6.04 Å². The Hall–Kier alpha value is -1.96. The first-order valence-corrected chi connectivity index (χ1v) is 11.1. The molecule has 1 aromatic heterocycles. The maximum absolute atomic E-state index is 12.7. The summed E-state index contributed by atoms with van der Waals surface area (Å²) in [7, 11) is 0. The third-order valence-corrected chi connectivity index (χ3v) is 5.48. The molecule has 0 saturated carbocycles. The van der Waals surface area contributed by atoms with Gasteiger partial charge in [-0.25, -0.2) is 0 Å². The van der Waals surface area contributed by atoms with Gasteiger partial charge in [-0.3, -0.25) is 9.59 Å². The van der Waals surface area contributed by atoms with E-state index in [-0.39, 0.29) is 24.0 Å². The zero-order valence-electron chi connectivity index (χ0n) is 17.7. The number of nitrogens with one attached hydrogen (secondary N) is 2. The number of carbonyl (C=O) groups excluding carboxylic acids is 2. The van der Waals surface area contributed by atoms with Gasteiger partial charge in [-0.15, -0.1) is 11.3 Å². The number of thiophene rings is 1. The van der Waals surface area contributed by atoms with Crippen molar-refractivity contribution in [2.24, 2.45) is 5.92 Å². The Morgan fingerprint density at radius 3 is 2.41 bits per heavy atom. The Morgan fingerprint density at radius 1 is 1.10 bits per heavy atom. The normalized spacial score (nSPS) is 12.5. The van der Waals surface area contributed by atoms with Gasteiger partial charge in [-0.2, -0.15) is 0 Å². The van der Waals surface area contributed by atoms with E-state index >= 15 is 0 Å². The molecule has 2 N–H and O–H groups in total. The number of hydrogen-bond donors (Lipinski definition) is 2. The summed E-state index contributed by atoms with van der Waals surface area (Å²) in [5.41, 5.74) is 0. The van der Waals surface area contributed by atoms with Crippen molar-refractivity contribution < 1.29 is 19.1 Å². The van der Waals surface area contributed by atoms with Crippen molar-refractivity contribution in [3.8, 4) is 0 Å². The third kappa shape index (κ3) is 7.42. The summed E-state index contributed by atoms with van der Waals surface area (Å²) in [5, 5.41) is 6.85. The molecule has 1 heterocycles. The number of fused-ring (bicyclic) bond motifs is 1. The molecule has 0 aliphatic heterocycles. The number of amides is 2. The Bertz CT molecular complexity index is 751. The maximum atomic E-state index is 12.7. The molecule has 2 amide bonds. The number of carbonyl (C=O) groups is 2. The molecule has 2 aromatic rings. The van der Waals surface area contributed by atoms with Crippen LogP contribution in [0.3, 0.4) is 0 Å². The summed E-state index contributed by atoms with van der Waals surface area (Å²) in [4.78, 5) is 26.1. The zero-order valence-corrected chi connectivity index (χ0v) is 18.5. The summed E-state index contributed by atoms with van der Waals surface area (Å²) in [6.45, 7) is 9.42. The van der Waals surface area contributed by atoms with Gasteiger partial charge < -0.3 is 20.1 Å². The van der Waals surface area contributed by atoms with Gasteiger partial charge in [-0.05, 0) is 43.7 Å². The van der Waals surface area contributed by atoms with Gasteiger partial charge in [0.25, 0.3) is 5.91 Å². The van der Waals surface area contributed by atoms with Gasteiger partial charge in [0.15, 0.2) is 6.29 Å². The standard InChI is InChI=1S/C22H32N2O4S/c1-5-27-20(28-6-2)11-12-23-21(25)17(13-15(3)4)24-22(26)19-14-16-9-7-8-10-18(16)29-19/h7-10,14-15,17,20H,5-6,11-13H2,1-4H3,(H,23,25)(H,24,26)/t17-/m0/s1. The van der Waals surface area contributed by atoms with E-state index in [1.807, 2.05) is 58.0 Å². The lowest BCUT2D eigenvalue weighted by Crippen LogP contribution is -2.47. The summed E-state index contributed by atoms with van der Waals surface area (Å²) in [6.07, 6.45) is 0.802. The van der Waals surface area contributed by atoms with Crippen molar-refractivity contribution in [2.75, 3.05) is 19.8 Å². The zero-order chi connectivity index (χ0) is 21.2. The number of benzene rings is 1. The minimum atomic E-state index is -0.578. The van der Waals surface area contributed by atoms with Crippen LogP contribution in [0.15, 0.2) is 30.3 Å². The van der Waals surface area contributed by atoms with E-state index in [1.54, 1.807) is 0 Å². The summed E-state index contributed by atoms with van der Waals surface area (Å²) >= 11 is 1.43. The van der Waals surface area contributed by atoms with Crippen LogP contribution in [0, 0.1) is 5.92 Å². The Morgan fingerprint density at radius 2 is 1.79 bits per heavy atom. The van der Waals surface area contributed by atoms with Gasteiger partial charge in [0, 0.05) is 30.9 Å². The highest BCUT2D eigenvalue weighted by Gasteiger charge is 2.23. The van der Waals surface area contributed by atoms with Crippen LogP contribution in [0.5, 0.6) is 0 Å². The summed E-state index contributed by atoms with van der Waals surface area (Å²) in [5.74, 6) is -0.124. The Balaban J connectivity index is 1.96. The molecule has 0 radical (unpaired) electrons. The summed E-state index contributed by atoms with van der Waals surface area (Å²) < 4.78 is 12.1. The predicted molar refractivity (Wildman–Crippen MR) is 117 cm³/mol. The lowest BCUT2D eigenvalue weighted by atomic mass is 10.0. The van der Waals surface area contributed by atoms with E-state index < -0.39 is 6.04 Å². The minimum absolute atomic E-state index is 0.181. The van der Waals surface area contributed by atoms with Crippen molar-refractivity contribution in [1.82, 2.24) is 10.6 Å². The first kappa shape index (κ1) is 23.3. The molecule has 160 valence electrons. The van der Waals surface area contributed by atoms with Crippen molar-refractivity contribution in [2.45, 2.75) is 52.9 Å². The van der Waals surface area contributed by atoms with Crippen LogP contribution >= 0.6 is 11.3 Å². The number of hydrogen-bond acceptors (Lipinski definition) is 5. The molecule has 0 spiro atoms. The molecule has 7 heteroatoms. The van der Waals surface area contributed by atoms with E-state index in [2.05, 4.69) is 10.6 Å². The lowest BCUT2D eigenvalue weighted by Gasteiger charge is -2.21.